The molecule has 1 heterocycles. The highest BCUT2D eigenvalue weighted by atomic mass is 16.3. The van der Waals surface area contributed by atoms with Gasteiger partial charge in [0, 0.05) is 17.8 Å². The Hall–Kier alpha value is -1.93. The molecule has 2 aromatic rings. The summed E-state index contributed by atoms with van der Waals surface area (Å²) in [4.78, 5) is 4.35. The second-order valence-corrected chi connectivity index (χ2v) is 10.7. The molecule has 0 bridgehead atoms. The number of allylic oxidation sites excluding steroid dienone is 3. The predicted molar refractivity (Wildman–Crippen MR) is 134 cm³/mol. The van der Waals surface area contributed by atoms with Crippen molar-refractivity contribution in [2.75, 3.05) is 0 Å². The zero-order valence-corrected chi connectivity index (χ0v) is 20.1. The van der Waals surface area contributed by atoms with E-state index in [1.807, 2.05) is 26.2 Å². The third-order valence-electron chi connectivity index (χ3n) is 9.19. The van der Waals surface area contributed by atoms with E-state index < -0.39 is 0 Å². The summed E-state index contributed by atoms with van der Waals surface area (Å²) < 4.78 is 0. The van der Waals surface area contributed by atoms with Crippen LogP contribution in [0.4, 0.5) is 0 Å². The third-order valence-corrected chi connectivity index (χ3v) is 9.19. The van der Waals surface area contributed by atoms with Crippen LogP contribution in [0.1, 0.15) is 83.6 Å². The lowest BCUT2D eigenvalue weighted by atomic mass is 9.60. The molecule has 0 saturated heterocycles. The molecule has 1 aromatic heterocycles. The minimum Gasteiger partial charge on any atom is -0.393 e. The van der Waals surface area contributed by atoms with Crippen LogP contribution >= 0.6 is 0 Å². The number of hydrogen-bond donors (Lipinski definition) is 1. The van der Waals surface area contributed by atoms with E-state index in [2.05, 4.69) is 48.3 Å². The molecule has 1 N–H and O–H groups in total. The molecule has 0 aliphatic heterocycles. The molecule has 170 valence electrons. The van der Waals surface area contributed by atoms with Gasteiger partial charge in [0.25, 0.3) is 0 Å². The van der Waals surface area contributed by atoms with Gasteiger partial charge in [0.15, 0.2) is 0 Å². The van der Waals surface area contributed by atoms with Gasteiger partial charge in [0.05, 0.1) is 6.10 Å². The minimum absolute atomic E-state index is 0.114. The first-order valence-electron chi connectivity index (χ1n) is 13.0. The van der Waals surface area contributed by atoms with Crippen molar-refractivity contribution in [3.05, 3.63) is 65.5 Å². The van der Waals surface area contributed by atoms with Gasteiger partial charge in [-0.05, 0) is 109 Å². The molecular formula is C30H39NO. The van der Waals surface area contributed by atoms with Gasteiger partial charge in [-0.2, -0.15) is 0 Å². The van der Waals surface area contributed by atoms with E-state index in [1.165, 1.54) is 54.9 Å². The monoisotopic (exact) mass is 429 g/mol. The topological polar surface area (TPSA) is 33.1 Å². The van der Waals surface area contributed by atoms with Crippen molar-refractivity contribution in [1.29, 1.82) is 0 Å². The molecular weight excluding hydrogens is 390 g/mol. The molecule has 0 spiro atoms. The number of fused-ring (bicyclic) bond motifs is 5. The van der Waals surface area contributed by atoms with Crippen LogP contribution in [0.25, 0.3) is 10.8 Å². The summed E-state index contributed by atoms with van der Waals surface area (Å²) in [5, 5.41) is 12.8. The second kappa shape index (κ2) is 8.78. The Morgan fingerprint density at radius 3 is 2.69 bits per heavy atom. The molecule has 6 rings (SSSR count). The van der Waals surface area contributed by atoms with Gasteiger partial charge in [0.2, 0.25) is 0 Å². The second-order valence-electron chi connectivity index (χ2n) is 10.7. The van der Waals surface area contributed by atoms with Crippen LogP contribution in [0.5, 0.6) is 0 Å². The number of benzene rings is 1. The molecule has 6 atom stereocenters. The lowest BCUT2D eigenvalue weighted by molar-refractivity contribution is 0.125. The van der Waals surface area contributed by atoms with E-state index in [4.69, 9.17) is 0 Å². The summed E-state index contributed by atoms with van der Waals surface area (Å²) >= 11 is 0. The normalized spacial score (nSPS) is 35.9. The fourth-order valence-electron chi connectivity index (χ4n) is 7.56. The molecule has 2 heteroatoms. The molecule has 4 aliphatic carbocycles. The number of pyridine rings is 1. The Kier molecular flexibility index (Phi) is 6.01. The molecule has 2 saturated carbocycles. The number of rotatable bonds is 1. The van der Waals surface area contributed by atoms with Gasteiger partial charge in [-0.3, -0.25) is 4.98 Å². The van der Waals surface area contributed by atoms with Gasteiger partial charge in [-0.15, -0.1) is 0 Å². The van der Waals surface area contributed by atoms with E-state index in [0.717, 1.165) is 24.7 Å². The number of aliphatic hydroxyl groups excluding tert-OH is 1. The van der Waals surface area contributed by atoms with Crippen LogP contribution in [0.2, 0.25) is 0 Å². The summed E-state index contributed by atoms with van der Waals surface area (Å²) in [6.07, 6.45) is 18.5. The van der Waals surface area contributed by atoms with Crippen molar-refractivity contribution in [2.24, 2.45) is 23.2 Å². The number of aromatic nitrogens is 1. The van der Waals surface area contributed by atoms with Crippen molar-refractivity contribution in [3.8, 4) is 0 Å². The summed E-state index contributed by atoms with van der Waals surface area (Å²) in [6.45, 7) is 6.57. The molecule has 32 heavy (non-hydrogen) atoms. The van der Waals surface area contributed by atoms with Crippen LogP contribution in [-0.4, -0.2) is 16.2 Å². The van der Waals surface area contributed by atoms with Crippen molar-refractivity contribution < 1.29 is 5.11 Å². The van der Waals surface area contributed by atoms with Crippen LogP contribution in [-0.2, 0) is 0 Å². The Bertz CT molecular complexity index is 1040. The first-order chi connectivity index (χ1) is 15.6. The van der Waals surface area contributed by atoms with E-state index in [9.17, 15) is 5.11 Å². The van der Waals surface area contributed by atoms with E-state index in [-0.39, 0.29) is 6.10 Å². The number of hydrogen-bond acceptors (Lipinski definition) is 2. The summed E-state index contributed by atoms with van der Waals surface area (Å²) in [5.41, 5.74) is 5.02. The average Bonchev–Trinajstić information content (AvgIpc) is 3.06. The highest BCUT2D eigenvalue weighted by Crippen LogP contribution is 2.62. The van der Waals surface area contributed by atoms with Gasteiger partial charge in [-0.1, -0.05) is 50.6 Å². The quantitative estimate of drug-likeness (QED) is 0.506. The Labute approximate surface area is 193 Å². The molecule has 6 unspecified atom stereocenters. The fraction of sp³-hybridized carbons (Fsp3) is 0.567. The zero-order valence-electron chi connectivity index (χ0n) is 20.1. The minimum atomic E-state index is -0.114. The maximum absolute atomic E-state index is 10.2. The molecule has 2 fully saturated rings. The van der Waals surface area contributed by atoms with Crippen LogP contribution < -0.4 is 0 Å². The Balaban J connectivity index is 0.00000105. The number of nitrogens with zero attached hydrogens (tertiary/aromatic N) is 1. The van der Waals surface area contributed by atoms with Gasteiger partial charge >= 0.3 is 0 Å². The Morgan fingerprint density at radius 1 is 0.969 bits per heavy atom. The SMILES string of the molecule is CC.CC12CC=C3C=C4CC(O)CCC4CCC3C1CCC2c1ccc2ccncc2c1. The highest BCUT2D eigenvalue weighted by molar-refractivity contribution is 5.82. The Morgan fingerprint density at radius 2 is 1.81 bits per heavy atom. The highest BCUT2D eigenvalue weighted by Gasteiger charge is 2.52. The molecule has 4 aliphatic rings. The van der Waals surface area contributed by atoms with Crippen LogP contribution in [0.3, 0.4) is 0 Å². The lowest BCUT2D eigenvalue weighted by Crippen LogP contribution is -2.35. The summed E-state index contributed by atoms with van der Waals surface area (Å²) in [7, 11) is 0. The van der Waals surface area contributed by atoms with Gasteiger partial charge in [-0.25, -0.2) is 0 Å². The number of aliphatic hydroxyl groups is 1. The fourth-order valence-corrected chi connectivity index (χ4v) is 7.56. The molecule has 1 aromatic carbocycles. The van der Waals surface area contributed by atoms with Crippen molar-refractivity contribution in [1.82, 2.24) is 4.98 Å². The van der Waals surface area contributed by atoms with Crippen molar-refractivity contribution in [2.45, 2.75) is 84.2 Å². The molecule has 0 amide bonds. The first kappa shape index (κ1) is 21.9. The predicted octanol–water partition coefficient (Wildman–Crippen LogP) is 7.59. The van der Waals surface area contributed by atoms with E-state index in [1.54, 1.807) is 11.1 Å². The summed E-state index contributed by atoms with van der Waals surface area (Å²) in [6, 6.07) is 9.19. The van der Waals surface area contributed by atoms with Gasteiger partial charge < -0.3 is 5.11 Å². The maximum Gasteiger partial charge on any atom is 0.0577 e. The van der Waals surface area contributed by atoms with Crippen LogP contribution in [0.15, 0.2) is 60.0 Å². The standard InChI is InChI=1S/C28H33NO.C2H6/c1-28-12-10-20-14-22-16-24(30)6-4-18(22)5-7-25(20)27(28)9-8-26(28)21-3-2-19-11-13-29-17-23(19)15-21;1-2/h2-3,10-11,13-15,17-18,24-27,30H,4-9,12,16H2,1H3;1-2H3. The van der Waals surface area contributed by atoms with Gasteiger partial charge in [0.1, 0.15) is 0 Å². The zero-order chi connectivity index (χ0) is 22.3. The maximum atomic E-state index is 10.2. The molecule has 0 radical (unpaired) electrons. The molecule has 2 nitrogen and oxygen atoms in total. The lowest BCUT2D eigenvalue weighted by Gasteiger charge is -2.44. The summed E-state index contributed by atoms with van der Waals surface area (Å²) in [5.74, 6) is 2.86. The van der Waals surface area contributed by atoms with E-state index >= 15 is 0 Å². The van der Waals surface area contributed by atoms with Crippen molar-refractivity contribution >= 4 is 10.8 Å². The average molecular weight is 430 g/mol. The van der Waals surface area contributed by atoms with Crippen LogP contribution in [0, 0.1) is 23.2 Å². The first-order valence-corrected chi connectivity index (χ1v) is 13.0. The van der Waals surface area contributed by atoms with E-state index in [0.29, 0.717) is 17.3 Å². The largest absolute Gasteiger partial charge is 0.393 e. The van der Waals surface area contributed by atoms with Crippen molar-refractivity contribution in [3.63, 3.8) is 0 Å². The smallest absolute Gasteiger partial charge is 0.0577 e. The third kappa shape index (κ3) is 3.65.